The molecule has 21 heavy (non-hydrogen) atoms. The van der Waals surface area contributed by atoms with Gasteiger partial charge in [-0.05, 0) is 24.3 Å². The lowest BCUT2D eigenvalue weighted by Crippen LogP contribution is -2.31. The fourth-order valence-electron chi connectivity index (χ4n) is 2.00. The van der Waals surface area contributed by atoms with Crippen molar-refractivity contribution in [3.05, 3.63) is 54.1 Å². The summed E-state index contributed by atoms with van der Waals surface area (Å²) in [6, 6.07) is 14.9. The van der Waals surface area contributed by atoms with Gasteiger partial charge in [-0.25, -0.2) is 0 Å². The zero-order valence-electron chi connectivity index (χ0n) is 11.2. The quantitative estimate of drug-likeness (QED) is 0.902. The molecule has 5 heteroatoms. The van der Waals surface area contributed by atoms with E-state index in [1.165, 1.54) is 23.1 Å². The van der Waals surface area contributed by atoms with E-state index in [0.717, 1.165) is 0 Å². The van der Waals surface area contributed by atoms with E-state index in [9.17, 15) is 15.0 Å². The zero-order valence-corrected chi connectivity index (χ0v) is 11.2. The molecule has 2 rings (SSSR count). The third-order valence-corrected chi connectivity index (χ3v) is 2.99. The van der Waals surface area contributed by atoms with Crippen LogP contribution in [0.25, 0.3) is 0 Å². The molecule has 0 saturated heterocycles. The van der Waals surface area contributed by atoms with Gasteiger partial charge in [0, 0.05) is 12.2 Å². The van der Waals surface area contributed by atoms with Crippen LogP contribution in [0.1, 0.15) is 16.8 Å². The highest BCUT2D eigenvalue weighted by Crippen LogP contribution is 2.29. The number of carbonyl (C=O) groups is 1. The Balaban J connectivity index is 2.42. The van der Waals surface area contributed by atoms with E-state index in [4.69, 9.17) is 5.26 Å². The predicted octanol–water partition coefficient (Wildman–Crippen LogP) is 2.66. The van der Waals surface area contributed by atoms with Gasteiger partial charge < -0.3 is 15.1 Å². The smallest absolute Gasteiger partial charge is 0.265 e. The summed E-state index contributed by atoms with van der Waals surface area (Å²) >= 11 is 0. The van der Waals surface area contributed by atoms with E-state index >= 15 is 0 Å². The molecule has 0 aliphatic rings. The minimum absolute atomic E-state index is 0.148. The molecule has 0 aliphatic carbocycles. The number of benzene rings is 2. The first-order valence-corrected chi connectivity index (χ1v) is 6.40. The van der Waals surface area contributed by atoms with Crippen molar-refractivity contribution < 1.29 is 15.0 Å². The van der Waals surface area contributed by atoms with Crippen LogP contribution in [0.15, 0.2) is 48.5 Å². The van der Waals surface area contributed by atoms with Crippen LogP contribution in [0.3, 0.4) is 0 Å². The molecule has 0 aliphatic heterocycles. The molecule has 2 aromatic carbocycles. The Labute approximate surface area is 122 Å². The van der Waals surface area contributed by atoms with Gasteiger partial charge in [-0.15, -0.1) is 0 Å². The molecule has 106 valence electrons. The highest BCUT2D eigenvalue weighted by molar-refractivity contribution is 6.09. The van der Waals surface area contributed by atoms with Crippen molar-refractivity contribution in [2.45, 2.75) is 6.42 Å². The summed E-state index contributed by atoms with van der Waals surface area (Å²) < 4.78 is 0. The first kappa shape index (κ1) is 14.4. The number of hydrogen-bond donors (Lipinski definition) is 2. The Kier molecular flexibility index (Phi) is 4.42. The van der Waals surface area contributed by atoms with Crippen molar-refractivity contribution in [2.24, 2.45) is 0 Å². The average molecular weight is 282 g/mol. The molecule has 5 nitrogen and oxygen atoms in total. The molecule has 0 saturated carbocycles. The van der Waals surface area contributed by atoms with Gasteiger partial charge in [-0.3, -0.25) is 4.79 Å². The summed E-state index contributed by atoms with van der Waals surface area (Å²) in [6.45, 7) is 0.174. The van der Waals surface area contributed by atoms with Gasteiger partial charge >= 0.3 is 0 Å². The molecule has 0 aromatic heterocycles. The van der Waals surface area contributed by atoms with Crippen molar-refractivity contribution in [1.29, 1.82) is 5.26 Å². The zero-order chi connectivity index (χ0) is 15.2. The summed E-state index contributed by atoms with van der Waals surface area (Å²) in [5, 5.41) is 28.4. The highest BCUT2D eigenvalue weighted by Gasteiger charge is 2.23. The molecule has 0 unspecified atom stereocenters. The Morgan fingerprint density at radius 3 is 2.24 bits per heavy atom. The topological polar surface area (TPSA) is 84.6 Å². The first-order chi connectivity index (χ1) is 10.1. The van der Waals surface area contributed by atoms with Gasteiger partial charge in [-0.1, -0.05) is 24.3 Å². The maximum absolute atomic E-state index is 12.6. The SMILES string of the molecule is N#CCCN(C(=O)c1c(O)cccc1O)c1ccccc1. The summed E-state index contributed by atoms with van der Waals surface area (Å²) in [5.74, 6) is -1.14. The largest absolute Gasteiger partial charge is 0.507 e. The Morgan fingerprint density at radius 2 is 1.67 bits per heavy atom. The number of carbonyl (C=O) groups excluding carboxylic acids is 1. The lowest BCUT2D eigenvalue weighted by Gasteiger charge is -2.22. The number of nitriles is 1. The standard InChI is InChI=1S/C16H14N2O3/c17-10-5-11-18(12-6-2-1-3-7-12)16(21)15-13(19)8-4-9-14(15)20/h1-4,6-9,19-20H,5,11H2. The van der Waals surface area contributed by atoms with Gasteiger partial charge in [0.2, 0.25) is 0 Å². The third-order valence-electron chi connectivity index (χ3n) is 2.99. The van der Waals surface area contributed by atoms with Gasteiger partial charge in [0.15, 0.2) is 0 Å². The van der Waals surface area contributed by atoms with Crippen LogP contribution in [0, 0.1) is 11.3 Å². The molecule has 0 heterocycles. The first-order valence-electron chi connectivity index (χ1n) is 6.40. The van der Waals surface area contributed by atoms with Crippen LogP contribution >= 0.6 is 0 Å². The second-order valence-electron chi connectivity index (χ2n) is 4.37. The van der Waals surface area contributed by atoms with Crippen LogP contribution in [0.5, 0.6) is 11.5 Å². The maximum atomic E-state index is 12.6. The Bertz CT molecular complexity index is 657. The summed E-state index contributed by atoms with van der Waals surface area (Å²) in [7, 11) is 0. The van der Waals surface area contributed by atoms with E-state index in [1.807, 2.05) is 12.1 Å². The maximum Gasteiger partial charge on any atom is 0.265 e. The van der Waals surface area contributed by atoms with Crippen molar-refractivity contribution in [1.82, 2.24) is 0 Å². The minimum Gasteiger partial charge on any atom is -0.507 e. The van der Waals surface area contributed by atoms with Crippen molar-refractivity contribution in [3.8, 4) is 17.6 Å². The summed E-state index contributed by atoms with van der Waals surface area (Å²) in [5.41, 5.74) is 0.430. The molecule has 2 aromatic rings. The highest BCUT2D eigenvalue weighted by atomic mass is 16.3. The van der Waals surface area contributed by atoms with Crippen molar-refractivity contribution in [2.75, 3.05) is 11.4 Å². The summed E-state index contributed by atoms with van der Waals surface area (Å²) in [4.78, 5) is 13.9. The van der Waals surface area contributed by atoms with Crippen LogP contribution in [0.2, 0.25) is 0 Å². The van der Waals surface area contributed by atoms with Crippen LogP contribution in [0.4, 0.5) is 5.69 Å². The lowest BCUT2D eigenvalue weighted by molar-refractivity contribution is 0.0982. The number of aromatic hydroxyl groups is 2. The number of phenols is 2. The number of rotatable bonds is 4. The molecule has 0 atom stereocenters. The second-order valence-corrected chi connectivity index (χ2v) is 4.37. The van der Waals surface area contributed by atoms with Crippen LogP contribution in [-0.4, -0.2) is 22.7 Å². The predicted molar refractivity (Wildman–Crippen MR) is 78.1 cm³/mol. The van der Waals surface area contributed by atoms with Crippen molar-refractivity contribution >= 4 is 11.6 Å². The average Bonchev–Trinajstić information content (AvgIpc) is 2.48. The normalized spacial score (nSPS) is 9.86. The number of amides is 1. The van der Waals surface area contributed by atoms with Gasteiger partial charge in [0.05, 0.1) is 12.5 Å². The number of phenolic OH excluding ortho intramolecular Hbond substituents is 2. The molecule has 0 radical (unpaired) electrons. The molecule has 2 N–H and O–H groups in total. The van der Waals surface area contributed by atoms with Gasteiger partial charge in [0.1, 0.15) is 17.1 Å². The molecule has 0 fully saturated rings. The molecule has 1 amide bonds. The van der Waals surface area contributed by atoms with E-state index in [2.05, 4.69) is 0 Å². The van der Waals surface area contributed by atoms with Crippen LogP contribution < -0.4 is 4.90 Å². The molecular weight excluding hydrogens is 268 g/mol. The van der Waals surface area contributed by atoms with E-state index in [0.29, 0.717) is 5.69 Å². The van der Waals surface area contributed by atoms with Crippen molar-refractivity contribution in [3.63, 3.8) is 0 Å². The Morgan fingerprint density at radius 1 is 1.05 bits per heavy atom. The molecule has 0 spiro atoms. The monoisotopic (exact) mass is 282 g/mol. The number of anilines is 1. The fraction of sp³-hybridized carbons (Fsp3) is 0.125. The Hall–Kier alpha value is -3.00. The number of para-hydroxylation sites is 1. The fourth-order valence-corrected chi connectivity index (χ4v) is 2.00. The van der Waals surface area contributed by atoms with E-state index < -0.39 is 5.91 Å². The van der Waals surface area contributed by atoms with Gasteiger partial charge in [-0.2, -0.15) is 5.26 Å². The molecular formula is C16H14N2O3. The number of nitrogens with zero attached hydrogens (tertiary/aromatic N) is 2. The minimum atomic E-state index is -0.549. The third kappa shape index (κ3) is 3.12. The van der Waals surface area contributed by atoms with E-state index in [-0.39, 0.29) is 30.0 Å². The lowest BCUT2D eigenvalue weighted by atomic mass is 10.1. The van der Waals surface area contributed by atoms with Crippen LogP contribution in [-0.2, 0) is 0 Å². The number of hydrogen-bond acceptors (Lipinski definition) is 4. The van der Waals surface area contributed by atoms with E-state index in [1.54, 1.807) is 24.3 Å². The van der Waals surface area contributed by atoms with Gasteiger partial charge in [0.25, 0.3) is 5.91 Å². The molecule has 0 bridgehead atoms. The summed E-state index contributed by atoms with van der Waals surface area (Å²) in [6.07, 6.45) is 0.148. The second kappa shape index (κ2) is 6.44.